The normalized spacial score (nSPS) is 15.0. The summed E-state index contributed by atoms with van der Waals surface area (Å²) < 4.78 is 0. The van der Waals surface area contributed by atoms with Gasteiger partial charge < -0.3 is 0 Å². The summed E-state index contributed by atoms with van der Waals surface area (Å²) in [6, 6.07) is 1.20. The van der Waals surface area contributed by atoms with E-state index in [1.165, 1.54) is 6.04 Å². The zero-order chi connectivity index (χ0) is 20.7. The summed E-state index contributed by atoms with van der Waals surface area (Å²) in [5, 5.41) is 0.402. The van der Waals surface area contributed by atoms with E-state index in [-0.39, 0.29) is 5.78 Å². The van der Waals surface area contributed by atoms with Gasteiger partial charge in [-0.2, -0.15) is 0 Å². The van der Waals surface area contributed by atoms with Crippen molar-refractivity contribution in [1.29, 1.82) is 0 Å². The largest absolute Gasteiger partial charge is 0.280 e. The first-order valence-corrected chi connectivity index (χ1v) is 16.8. The molecule has 0 aromatic heterocycles. The number of allylic oxidation sites excluding steroid dienone is 2. The number of hydrogen-bond acceptors (Lipinski definition) is 1. The molecule has 0 fully saturated rings. The SMILES string of the molecule is CC(C)(C)[Si](C)(C)CCC#CC#CC1=C(C(=O)C#C[Si](C)(C)C)CCCC1. The minimum Gasteiger partial charge on any atom is -0.280 e. The molecule has 0 aliphatic heterocycles. The summed E-state index contributed by atoms with van der Waals surface area (Å²) in [5.41, 5.74) is 4.99. The van der Waals surface area contributed by atoms with E-state index in [9.17, 15) is 4.79 Å². The van der Waals surface area contributed by atoms with Gasteiger partial charge in [-0.3, -0.25) is 4.79 Å². The molecule has 1 aliphatic rings. The predicted octanol–water partition coefficient (Wildman–Crippen LogP) is 6.21. The zero-order valence-corrected chi connectivity index (χ0v) is 20.7. The smallest absolute Gasteiger partial charge is 0.232 e. The fraction of sp³-hybridized carbons (Fsp3) is 0.625. The highest BCUT2D eigenvalue weighted by Crippen LogP contribution is 2.39. The maximum Gasteiger partial charge on any atom is 0.232 e. The van der Waals surface area contributed by atoms with E-state index >= 15 is 0 Å². The van der Waals surface area contributed by atoms with E-state index in [4.69, 9.17) is 0 Å². The maximum absolute atomic E-state index is 12.5. The van der Waals surface area contributed by atoms with Crippen molar-refractivity contribution < 1.29 is 4.79 Å². The van der Waals surface area contributed by atoms with Crippen molar-refractivity contribution in [3.05, 3.63) is 11.1 Å². The van der Waals surface area contributed by atoms with Crippen LogP contribution >= 0.6 is 0 Å². The molecule has 0 radical (unpaired) electrons. The number of ketones is 1. The number of hydrogen-bond donors (Lipinski definition) is 0. The molecule has 27 heavy (non-hydrogen) atoms. The molecule has 3 heteroatoms. The fourth-order valence-electron chi connectivity index (χ4n) is 2.58. The Morgan fingerprint density at radius 2 is 1.63 bits per heavy atom. The van der Waals surface area contributed by atoms with Crippen molar-refractivity contribution in [3.63, 3.8) is 0 Å². The minimum atomic E-state index is -1.53. The second-order valence-electron chi connectivity index (χ2n) is 10.2. The van der Waals surface area contributed by atoms with E-state index in [0.717, 1.165) is 43.3 Å². The van der Waals surface area contributed by atoms with Crippen LogP contribution in [-0.4, -0.2) is 21.9 Å². The van der Waals surface area contributed by atoms with Crippen LogP contribution in [0.15, 0.2) is 11.1 Å². The lowest BCUT2D eigenvalue weighted by Crippen LogP contribution is -2.36. The molecule has 1 rings (SSSR count). The van der Waals surface area contributed by atoms with E-state index in [1.54, 1.807) is 0 Å². The van der Waals surface area contributed by atoms with Crippen LogP contribution < -0.4 is 0 Å². The highest BCUT2D eigenvalue weighted by molar-refractivity contribution is 6.84. The van der Waals surface area contributed by atoms with Crippen LogP contribution in [0.3, 0.4) is 0 Å². The highest BCUT2D eigenvalue weighted by Gasteiger charge is 2.33. The van der Waals surface area contributed by atoms with Crippen LogP contribution in [-0.2, 0) is 4.79 Å². The first kappa shape index (κ1) is 23.6. The van der Waals surface area contributed by atoms with Crippen molar-refractivity contribution in [2.45, 2.75) is 96.7 Å². The van der Waals surface area contributed by atoms with Crippen molar-refractivity contribution in [1.82, 2.24) is 0 Å². The molecule has 0 N–H and O–H groups in total. The van der Waals surface area contributed by atoms with Crippen LogP contribution in [0.5, 0.6) is 0 Å². The minimum absolute atomic E-state index is 0.0210. The molecule has 0 saturated heterocycles. The van der Waals surface area contributed by atoms with Gasteiger partial charge in [-0.1, -0.05) is 65.3 Å². The molecule has 0 bridgehead atoms. The van der Waals surface area contributed by atoms with Gasteiger partial charge in [0.25, 0.3) is 0 Å². The van der Waals surface area contributed by atoms with Gasteiger partial charge >= 0.3 is 0 Å². The van der Waals surface area contributed by atoms with Crippen LogP contribution in [0.25, 0.3) is 0 Å². The third-order valence-corrected chi connectivity index (χ3v) is 12.0. The van der Waals surface area contributed by atoms with Crippen molar-refractivity contribution in [2.75, 3.05) is 0 Å². The predicted molar refractivity (Wildman–Crippen MR) is 124 cm³/mol. The lowest BCUT2D eigenvalue weighted by Gasteiger charge is -2.36. The van der Waals surface area contributed by atoms with Crippen molar-refractivity contribution in [2.24, 2.45) is 0 Å². The number of Topliss-reactive ketones (excluding diaryl/α,β-unsaturated/α-hetero) is 1. The summed E-state index contributed by atoms with van der Waals surface area (Å²) in [4.78, 5) is 12.5. The van der Waals surface area contributed by atoms with Crippen LogP contribution in [0.1, 0.15) is 52.9 Å². The zero-order valence-electron chi connectivity index (χ0n) is 18.7. The molecule has 0 amide bonds. The lowest BCUT2D eigenvalue weighted by molar-refractivity contribution is -0.110. The molecule has 0 atom stereocenters. The van der Waals surface area contributed by atoms with E-state index in [0.29, 0.717) is 5.04 Å². The van der Waals surface area contributed by atoms with Gasteiger partial charge in [-0.05, 0) is 54.5 Å². The topological polar surface area (TPSA) is 17.1 Å². The van der Waals surface area contributed by atoms with Gasteiger partial charge in [0.2, 0.25) is 5.78 Å². The number of rotatable bonds is 3. The maximum atomic E-state index is 12.5. The van der Waals surface area contributed by atoms with Crippen LogP contribution in [0.2, 0.25) is 43.8 Å². The Hall–Kier alpha value is -1.48. The molecule has 0 spiro atoms. The van der Waals surface area contributed by atoms with E-state index in [2.05, 4.69) is 88.7 Å². The Morgan fingerprint density at radius 1 is 1.00 bits per heavy atom. The molecule has 0 aromatic carbocycles. The first-order valence-electron chi connectivity index (χ1n) is 10.1. The molecule has 0 aromatic rings. The average Bonchev–Trinajstić information content (AvgIpc) is 2.54. The molecular weight excluding hydrogens is 360 g/mol. The Morgan fingerprint density at radius 3 is 2.22 bits per heavy atom. The Balaban J connectivity index is 2.83. The third kappa shape index (κ3) is 8.38. The Labute approximate surface area is 169 Å². The van der Waals surface area contributed by atoms with Gasteiger partial charge in [0.05, 0.1) is 8.07 Å². The van der Waals surface area contributed by atoms with Gasteiger partial charge in [0, 0.05) is 17.6 Å². The number of carbonyl (C=O) groups excluding carboxylic acids is 1. The van der Waals surface area contributed by atoms with Gasteiger partial charge in [-0.15, -0.1) is 5.54 Å². The molecule has 146 valence electrons. The van der Waals surface area contributed by atoms with Crippen molar-refractivity contribution in [3.8, 4) is 35.1 Å². The number of carbonyl (C=O) groups is 1. The summed E-state index contributed by atoms with van der Waals surface area (Å²) in [6.45, 7) is 18.4. The van der Waals surface area contributed by atoms with Gasteiger partial charge in [-0.25, -0.2) is 0 Å². The monoisotopic (exact) mass is 396 g/mol. The van der Waals surface area contributed by atoms with E-state index < -0.39 is 16.1 Å². The molecule has 0 unspecified atom stereocenters. The molecule has 0 saturated carbocycles. The summed E-state index contributed by atoms with van der Waals surface area (Å²) in [5.74, 6) is 15.3. The standard InChI is InChI=1S/C24H36OSi2/c1-24(2,3)27(7,8)19-14-10-9-11-15-21-16-12-13-17-22(21)23(25)18-20-26(4,5)6/h12-14,16-17,19H2,1-8H3. The molecule has 0 heterocycles. The summed E-state index contributed by atoms with van der Waals surface area (Å²) in [6.07, 6.45) is 4.76. The summed E-state index contributed by atoms with van der Waals surface area (Å²) in [7, 11) is -2.80. The average molecular weight is 397 g/mol. The van der Waals surface area contributed by atoms with Gasteiger partial charge in [0.1, 0.15) is 8.07 Å². The van der Waals surface area contributed by atoms with Crippen molar-refractivity contribution >= 4 is 21.9 Å². The lowest BCUT2D eigenvalue weighted by atomic mass is 9.89. The molecule has 1 nitrogen and oxygen atoms in total. The fourth-order valence-corrected chi connectivity index (χ4v) is 4.57. The quantitative estimate of drug-likeness (QED) is 0.409. The molecule has 1 aliphatic carbocycles. The second kappa shape index (κ2) is 9.64. The Kier molecular flexibility index (Phi) is 8.41. The third-order valence-electron chi connectivity index (χ3n) is 5.56. The van der Waals surface area contributed by atoms with E-state index in [1.807, 2.05) is 0 Å². The van der Waals surface area contributed by atoms with Crippen LogP contribution in [0.4, 0.5) is 0 Å². The van der Waals surface area contributed by atoms with Gasteiger partial charge in [0.15, 0.2) is 0 Å². The first-order chi connectivity index (χ1) is 12.3. The summed E-state index contributed by atoms with van der Waals surface area (Å²) >= 11 is 0. The molecular formula is C24H36OSi2. The second-order valence-corrected chi connectivity index (χ2v) is 20.7. The van der Waals surface area contributed by atoms with Crippen LogP contribution in [0, 0.1) is 35.1 Å². The highest BCUT2D eigenvalue weighted by atomic mass is 28.3. The Bertz CT molecular complexity index is 766.